The van der Waals surface area contributed by atoms with Crippen LogP contribution in [0.15, 0.2) is 0 Å². The number of ether oxygens (including phenoxy) is 2. The molecule has 3 heterocycles. The summed E-state index contributed by atoms with van der Waals surface area (Å²) in [5.41, 5.74) is 0.242. The van der Waals surface area contributed by atoms with Gasteiger partial charge in [-0.25, -0.2) is 0 Å². The number of hydrogen-bond acceptors (Lipinski definition) is 4. The first kappa shape index (κ1) is 16.6. The lowest BCUT2D eigenvalue weighted by Gasteiger charge is -2.49. The lowest BCUT2D eigenvalue weighted by atomic mass is 9.53. The van der Waals surface area contributed by atoms with E-state index in [4.69, 9.17) is 9.47 Å². The van der Waals surface area contributed by atoms with E-state index in [1.165, 1.54) is 44.9 Å². The molecule has 2 aliphatic carbocycles. The Morgan fingerprint density at radius 2 is 1.92 bits per heavy atom. The Morgan fingerprint density at radius 3 is 2.68 bits per heavy atom. The Labute approximate surface area is 151 Å². The number of fused-ring (bicyclic) bond motifs is 2. The van der Waals surface area contributed by atoms with Crippen LogP contribution in [0, 0.1) is 23.2 Å². The molecule has 5 rings (SSSR count). The molecule has 0 aromatic rings. The van der Waals surface area contributed by atoms with E-state index in [0.717, 1.165) is 26.1 Å². The molecule has 4 heteroatoms. The number of nitrogens with zero attached hydrogens (tertiary/aromatic N) is 1. The minimum absolute atomic E-state index is 0.0335. The molecule has 5 fully saturated rings. The van der Waals surface area contributed by atoms with Crippen molar-refractivity contribution in [3.63, 3.8) is 0 Å². The SMILES string of the molecule is C[C@@H]1CCC[C@]2(C)C[C@H]3OC(=O)[C@@H](CN4CCCCCC4)[C@H]3[C@@H]3O[C@@]132. The van der Waals surface area contributed by atoms with Gasteiger partial charge >= 0.3 is 5.97 Å². The van der Waals surface area contributed by atoms with Crippen molar-refractivity contribution in [3.05, 3.63) is 0 Å². The normalized spacial score (nSPS) is 52.6. The van der Waals surface area contributed by atoms with Gasteiger partial charge in [-0.2, -0.15) is 0 Å². The molecule has 5 aliphatic rings. The molecule has 3 saturated heterocycles. The van der Waals surface area contributed by atoms with Crippen molar-refractivity contribution in [2.75, 3.05) is 19.6 Å². The molecule has 7 atom stereocenters. The zero-order valence-electron chi connectivity index (χ0n) is 15.8. The van der Waals surface area contributed by atoms with E-state index in [9.17, 15) is 4.79 Å². The molecule has 0 amide bonds. The van der Waals surface area contributed by atoms with Crippen LogP contribution in [0.2, 0.25) is 0 Å². The lowest BCUT2D eigenvalue weighted by Crippen LogP contribution is -2.54. The number of likely N-dealkylation sites (tertiary alicyclic amines) is 1. The predicted octanol–water partition coefficient (Wildman–Crippen LogP) is 3.39. The molecular weight excluding hydrogens is 314 g/mol. The van der Waals surface area contributed by atoms with Crippen LogP contribution < -0.4 is 0 Å². The van der Waals surface area contributed by atoms with Crippen LogP contribution in [0.3, 0.4) is 0 Å². The lowest BCUT2D eigenvalue weighted by molar-refractivity contribution is -0.146. The predicted molar refractivity (Wildman–Crippen MR) is 95.1 cm³/mol. The number of epoxide rings is 1. The molecule has 0 N–H and O–H groups in total. The topological polar surface area (TPSA) is 42.1 Å². The maximum Gasteiger partial charge on any atom is 0.311 e. The summed E-state index contributed by atoms with van der Waals surface area (Å²) in [7, 11) is 0. The van der Waals surface area contributed by atoms with Gasteiger partial charge < -0.3 is 14.4 Å². The third-order valence-electron chi connectivity index (χ3n) is 8.35. The summed E-state index contributed by atoms with van der Waals surface area (Å²) < 4.78 is 12.5. The fourth-order valence-electron chi connectivity index (χ4n) is 7.04. The van der Waals surface area contributed by atoms with Gasteiger partial charge in [-0.1, -0.05) is 33.1 Å². The molecule has 0 aromatic carbocycles. The van der Waals surface area contributed by atoms with Gasteiger partial charge in [-0.05, 0) is 51.1 Å². The van der Waals surface area contributed by atoms with Crippen LogP contribution in [0.1, 0.15) is 65.2 Å². The van der Waals surface area contributed by atoms with Gasteiger partial charge in [0.05, 0.1) is 12.0 Å². The third-order valence-corrected chi connectivity index (χ3v) is 8.35. The summed E-state index contributed by atoms with van der Waals surface area (Å²) in [6, 6.07) is 0. The van der Waals surface area contributed by atoms with E-state index < -0.39 is 0 Å². The molecule has 0 aromatic heterocycles. The Kier molecular flexibility index (Phi) is 3.77. The first-order valence-corrected chi connectivity index (χ1v) is 10.7. The first-order chi connectivity index (χ1) is 12.1. The molecule has 4 nitrogen and oxygen atoms in total. The summed E-state index contributed by atoms with van der Waals surface area (Å²) in [6.07, 6.45) is 10.4. The first-order valence-electron chi connectivity index (χ1n) is 10.7. The molecule has 0 bridgehead atoms. The standard InChI is InChI=1S/C21H33NO3/c1-14-8-7-9-20(2)12-16-17(18-21(14,20)25-18)15(19(23)24-16)13-22-10-5-3-4-6-11-22/h14-18H,3-13H2,1-2H3/t14-,15+,16-,17-,18+,20-,21+/m1/s1. The van der Waals surface area contributed by atoms with Gasteiger partial charge in [0.15, 0.2) is 0 Å². The number of rotatable bonds is 2. The molecule has 1 spiro atoms. The molecule has 2 saturated carbocycles. The van der Waals surface area contributed by atoms with E-state index in [2.05, 4.69) is 18.7 Å². The largest absolute Gasteiger partial charge is 0.462 e. The summed E-state index contributed by atoms with van der Waals surface area (Å²) in [5.74, 6) is 1.00. The van der Waals surface area contributed by atoms with Gasteiger partial charge in [-0.15, -0.1) is 0 Å². The van der Waals surface area contributed by atoms with E-state index in [1.807, 2.05) is 0 Å². The Morgan fingerprint density at radius 1 is 1.16 bits per heavy atom. The third kappa shape index (κ3) is 2.29. The fourth-order valence-corrected chi connectivity index (χ4v) is 7.04. The molecular formula is C21H33NO3. The molecule has 3 aliphatic heterocycles. The van der Waals surface area contributed by atoms with E-state index >= 15 is 0 Å². The van der Waals surface area contributed by atoms with Gasteiger partial charge in [-0.3, -0.25) is 4.79 Å². The molecule has 140 valence electrons. The average molecular weight is 347 g/mol. The second-order valence-corrected chi connectivity index (χ2v) is 9.76. The second-order valence-electron chi connectivity index (χ2n) is 9.76. The second kappa shape index (κ2) is 5.69. The maximum atomic E-state index is 12.7. The highest BCUT2D eigenvalue weighted by molar-refractivity contribution is 5.76. The number of carbonyl (C=O) groups excluding carboxylic acids is 1. The van der Waals surface area contributed by atoms with E-state index in [-0.39, 0.29) is 35.1 Å². The summed E-state index contributed by atoms with van der Waals surface area (Å²) in [4.78, 5) is 15.3. The van der Waals surface area contributed by atoms with Crippen molar-refractivity contribution in [2.24, 2.45) is 23.2 Å². The number of esters is 1. The highest BCUT2D eigenvalue weighted by atomic mass is 16.6. The summed E-state index contributed by atoms with van der Waals surface area (Å²) in [5, 5.41) is 0. The van der Waals surface area contributed by atoms with Gasteiger partial charge in [0.1, 0.15) is 11.7 Å². The van der Waals surface area contributed by atoms with Gasteiger partial charge in [0.25, 0.3) is 0 Å². The van der Waals surface area contributed by atoms with Crippen molar-refractivity contribution >= 4 is 5.97 Å². The van der Waals surface area contributed by atoms with Crippen LogP contribution in [0.25, 0.3) is 0 Å². The van der Waals surface area contributed by atoms with Crippen LogP contribution in [0.5, 0.6) is 0 Å². The minimum Gasteiger partial charge on any atom is -0.462 e. The Bertz CT molecular complexity index is 557. The summed E-state index contributed by atoms with van der Waals surface area (Å²) >= 11 is 0. The Balaban J connectivity index is 1.38. The van der Waals surface area contributed by atoms with Gasteiger partial charge in [0, 0.05) is 17.9 Å². The summed E-state index contributed by atoms with van der Waals surface area (Å²) in [6.45, 7) is 7.95. The van der Waals surface area contributed by atoms with Crippen molar-refractivity contribution in [1.82, 2.24) is 4.90 Å². The average Bonchev–Trinajstić information content (AvgIpc) is 3.30. The minimum atomic E-state index is 0.0335. The van der Waals surface area contributed by atoms with Crippen LogP contribution >= 0.6 is 0 Å². The van der Waals surface area contributed by atoms with Crippen LogP contribution in [-0.4, -0.2) is 48.3 Å². The number of carbonyl (C=O) groups is 1. The zero-order valence-corrected chi connectivity index (χ0v) is 15.8. The molecule has 25 heavy (non-hydrogen) atoms. The molecule has 0 unspecified atom stereocenters. The van der Waals surface area contributed by atoms with Crippen molar-refractivity contribution in [2.45, 2.75) is 83.0 Å². The zero-order chi connectivity index (χ0) is 17.2. The Hall–Kier alpha value is -0.610. The fraction of sp³-hybridized carbons (Fsp3) is 0.952. The highest BCUT2D eigenvalue weighted by Crippen LogP contribution is 2.70. The van der Waals surface area contributed by atoms with Crippen molar-refractivity contribution in [1.29, 1.82) is 0 Å². The van der Waals surface area contributed by atoms with E-state index in [1.54, 1.807) is 0 Å². The highest BCUT2D eigenvalue weighted by Gasteiger charge is 2.78. The van der Waals surface area contributed by atoms with Crippen LogP contribution in [-0.2, 0) is 14.3 Å². The smallest absolute Gasteiger partial charge is 0.311 e. The van der Waals surface area contributed by atoms with Crippen LogP contribution in [0.4, 0.5) is 0 Å². The number of hydrogen-bond donors (Lipinski definition) is 0. The molecule has 0 radical (unpaired) electrons. The van der Waals surface area contributed by atoms with Crippen molar-refractivity contribution in [3.8, 4) is 0 Å². The van der Waals surface area contributed by atoms with Crippen molar-refractivity contribution < 1.29 is 14.3 Å². The van der Waals surface area contributed by atoms with E-state index in [0.29, 0.717) is 11.8 Å². The van der Waals surface area contributed by atoms with Gasteiger partial charge in [0.2, 0.25) is 0 Å². The maximum absolute atomic E-state index is 12.7. The quantitative estimate of drug-likeness (QED) is 0.567. The monoisotopic (exact) mass is 347 g/mol.